The van der Waals surface area contributed by atoms with Crippen LogP contribution in [0, 0.1) is 5.82 Å². The van der Waals surface area contributed by atoms with Crippen molar-refractivity contribution in [1.82, 2.24) is 0 Å². The maximum atomic E-state index is 13.1. The molecule has 0 aliphatic carbocycles. The fourth-order valence-corrected chi connectivity index (χ4v) is 2.76. The van der Waals surface area contributed by atoms with Crippen LogP contribution in [0.5, 0.6) is 0 Å². The van der Waals surface area contributed by atoms with Crippen molar-refractivity contribution in [3.05, 3.63) is 35.6 Å². The van der Waals surface area contributed by atoms with Gasteiger partial charge in [-0.1, -0.05) is 12.1 Å². The molecule has 0 spiro atoms. The van der Waals surface area contributed by atoms with Gasteiger partial charge in [0.15, 0.2) is 0 Å². The second-order valence-corrected chi connectivity index (χ2v) is 5.12. The molecular weight excluding hydrogens is 261 g/mol. The Hall–Kier alpha value is -1.46. The van der Waals surface area contributed by atoms with Crippen molar-refractivity contribution in [2.75, 3.05) is 20.3 Å². The molecule has 4 nitrogen and oxygen atoms in total. The number of nitrogens with two attached hydrogens (primary N) is 1. The summed E-state index contributed by atoms with van der Waals surface area (Å²) in [5.41, 5.74) is 5.58. The van der Waals surface area contributed by atoms with Crippen LogP contribution in [0.4, 0.5) is 4.39 Å². The molecule has 1 aromatic rings. The Morgan fingerprint density at radius 3 is 2.70 bits per heavy atom. The van der Waals surface area contributed by atoms with Gasteiger partial charge in [-0.25, -0.2) is 4.39 Å². The molecule has 0 saturated carbocycles. The van der Waals surface area contributed by atoms with E-state index in [0.29, 0.717) is 18.6 Å². The summed E-state index contributed by atoms with van der Waals surface area (Å²) in [5, 5.41) is 0. The van der Waals surface area contributed by atoms with E-state index in [1.165, 1.54) is 19.2 Å². The molecule has 1 aliphatic rings. The predicted octanol–water partition coefficient (Wildman–Crippen LogP) is 1.76. The van der Waals surface area contributed by atoms with E-state index >= 15 is 0 Å². The largest absolute Gasteiger partial charge is 0.468 e. The third-order valence-electron chi connectivity index (χ3n) is 3.92. The fourth-order valence-electron chi connectivity index (χ4n) is 2.76. The molecule has 1 aromatic carbocycles. The zero-order valence-corrected chi connectivity index (χ0v) is 11.6. The number of carbonyl (C=O) groups is 1. The molecule has 0 bridgehead atoms. The van der Waals surface area contributed by atoms with Gasteiger partial charge >= 0.3 is 5.97 Å². The number of hydrogen-bond acceptors (Lipinski definition) is 4. The third-order valence-corrected chi connectivity index (χ3v) is 3.92. The van der Waals surface area contributed by atoms with Crippen LogP contribution in [-0.2, 0) is 19.7 Å². The first-order valence-electron chi connectivity index (χ1n) is 6.78. The average molecular weight is 281 g/mol. The predicted molar refractivity (Wildman–Crippen MR) is 72.7 cm³/mol. The molecule has 20 heavy (non-hydrogen) atoms. The maximum Gasteiger partial charge on any atom is 0.317 e. The van der Waals surface area contributed by atoms with Crippen LogP contribution in [-0.4, -0.2) is 32.3 Å². The highest BCUT2D eigenvalue weighted by Gasteiger charge is 2.43. The van der Waals surface area contributed by atoms with Crippen LogP contribution in [0.2, 0.25) is 0 Å². The van der Waals surface area contributed by atoms with E-state index in [2.05, 4.69) is 0 Å². The van der Waals surface area contributed by atoms with Crippen molar-refractivity contribution in [2.24, 2.45) is 5.73 Å². The Labute approximate surface area is 118 Å². The molecule has 1 aliphatic heterocycles. The number of rotatable bonds is 5. The summed E-state index contributed by atoms with van der Waals surface area (Å²) < 4.78 is 23.6. The summed E-state index contributed by atoms with van der Waals surface area (Å²) >= 11 is 0. The number of carbonyl (C=O) groups excluding carboxylic acids is 1. The zero-order valence-electron chi connectivity index (χ0n) is 11.6. The van der Waals surface area contributed by atoms with Crippen molar-refractivity contribution < 1.29 is 18.7 Å². The molecule has 1 heterocycles. The second-order valence-electron chi connectivity index (χ2n) is 5.12. The summed E-state index contributed by atoms with van der Waals surface area (Å²) in [5.74, 6) is -0.747. The highest BCUT2D eigenvalue weighted by atomic mass is 19.1. The average Bonchev–Trinajstić information content (AvgIpc) is 2.98. The number of esters is 1. The monoisotopic (exact) mass is 281 g/mol. The number of hydrogen-bond donors (Lipinski definition) is 1. The lowest BCUT2D eigenvalue weighted by Crippen LogP contribution is -2.46. The van der Waals surface area contributed by atoms with E-state index in [1.54, 1.807) is 12.1 Å². The van der Waals surface area contributed by atoms with Gasteiger partial charge in [-0.05, 0) is 37.0 Å². The Morgan fingerprint density at radius 1 is 1.50 bits per heavy atom. The quantitative estimate of drug-likeness (QED) is 0.835. The number of methoxy groups -OCH3 is 1. The summed E-state index contributed by atoms with van der Waals surface area (Å²) in [6.07, 6.45) is 2.33. The van der Waals surface area contributed by atoms with Gasteiger partial charge in [-0.3, -0.25) is 4.79 Å². The molecule has 1 saturated heterocycles. The van der Waals surface area contributed by atoms with Gasteiger partial charge in [0.05, 0.1) is 13.2 Å². The summed E-state index contributed by atoms with van der Waals surface area (Å²) in [4.78, 5) is 12.3. The molecule has 2 atom stereocenters. The Bertz CT molecular complexity index is 457. The second kappa shape index (κ2) is 6.33. The van der Waals surface area contributed by atoms with Crippen LogP contribution < -0.4 is 5.73 Å². The molecule has 0 radical (unpaired) electrons. The third kappa shape index (κ3) is 2.83. The van der Waals surface area contributed by atoms with Crippen LogP contribution in [0.15, 0.2) is 24.3 Å². The first-order valence-corrected chi connectivity index (χ1v) is 6.78. The van der Waals surface area contributed by atoms with Gasteiger partial charge in [-0.15, -0.1) is 0 Å². The molecule has 0 aromatic heterocycles. The maximum absolute atomic E-state index is 13.1. The lowest BCUT2D eigenvalue weighted by Gasteiger charge is -2.32. The number of benzene rings is 1. The summed E-state index contributed by atoms with van der Waals surface area (Å²) in [6, 6.07) is 5.85. The zero-order chi connectivity index (χ0) is 14.6. The molecule has 2 rings (SSSR count). The van der Waals surface area contributed by atoms with E-state index < -0.39 is 11.4 Å². The Balaban J connectivity index is 2.35. The van der Waals surface area contributed by atoms with Gasteiger partial charge in [0, 0.05) is 13.2 Å². The summed E-state index contributed by atoms with van der Waals surface area (Å²) in [7, 11) is 1.34. The van der Waals surface area contributed by atoms with Crippen LogP contribution in [0.3, 0.4) is 0 Å². The first-order chi connectivity index (χ1) is 9.62. The van der Waals surface area contributed by atoms with Crippen molar-refractivity contribution in [3.8, 4) is 0 Å². The van der Waals surface area contributed by atoms with Gasteiger partial charge in [0.2, 0.25) is 0 Å². The normalized spacial score (nSPS) is 21.4. The van der Waals surface area contributed by atoms with Crippen molar-refractivity contribution in [2.45, 2.75) is 30.8 Å². The van der Waals surface area contributed by atoms with Crippen molar-refractivity contribution in [3.63, 3.8) is 0 Å². The topological polar surface area (TPSA) is 61.5 Å². The van der Waals surface area contributed by atoms with E-state index in [4.69, 9.17) is 15.2 Å². The SMILES string of the molecule is COC(=O)C(CN)(CC1CCCO1)c1ccc(F)cc1. The lowest BCUT2D eigenvalue weighted by molar-refractivity contribution is -0.148. The van der Waals surface area contributed by atoms with Gasteiger partial charge in [-0.2, -0.15) is 0 Å². The molecule has 0 amide bonds. The summed E-state index contributed by atoms with van der Waals surface area (Å²) in [6.45, 7) is 0.807. The van der Waals surface area contributed by atoms with Crippen LogP contribution in [0.1, 0.15) is 24.8 Å². The van der Waals surface area contributed by atoms with Gasteiger partial charge in [0.25, 0.3) is 0 Å². The lowest BCUT2D eigenvalue weighted by atomic mass is 9.75. The highest BCUT2D eigenvalue weighted by Crippen LogP contribution is 2.34. The van der Waals surface area contributed by atoms with Crippen LogP contribution >= 0.6 is 0 Å². The molecule has 110 valence electrons. The molecule has 2 unspecified atom stereocenters. The highest BCUT2D eigenvalue weighted by molar-refractivity contribution is 5.83. The Kier molecular flexibility index (Phi) is 4.73. The molecule has 5 heteroatoms. The van der Waals surface area contributed by atoms with E-state index in [0.717, 1.165) is 12.8 Å². The number of ether oxygens (including phenoxy) is 2. The Morgan fingerprint density at radius 2 is 2.20 bits per heavy atom. The van der Waals surface area contributed by atoms with Crippen LogP contribution in [0.25, 0.3) is 0 Å². The minimum absolute atomic E-state index is 0.0114. The van der Waals surface area contributed by atoms with E-state index in [-0.39, 0.29) is 18.5 Å². The molecule has 1 fully saturated rings. The minimum atomic E-state index is -0.975. The van der Waals surface area contributed by atoms with Crippen molar-refractivity contribution in [1.29, 1.82) is 0 Å². The first kappa shape index (κ1) is 14.9. The minimum Gasteiger partial charge on any atom is -0.468 e. The van der Waals surface area contributed by atoms with Crippen molar-refractivity contribution >= 4 is 5.97 Å². The smallest absolute Gasteiger partial charge is 0.317 e. The number of halogens is 1. The fraction of sp³-hybridized carbons (Fsp3) is 0.533. The van der Waals surface area contributed by atoms with Gasteiger partial charge in [0.1, 0.15) is 11.2 Å². The van der Waals surface area contributed by atoms with E-state index in [9.17, 15) is 9.18 Å². The molecule has 2 N–H and O–H groups in total. The standard InChI is InChI=1S/C15H20FNO3/c1-19-14(18)15(10-17,9-13-3-2-8-20-13)11-4-6-12(16)7-5-11/h4-7,13H,2-3,8-10,17H2,1H3. The van der Waals surface area contributed by atoms with E-state index in [1.807, 2.05) is 0 Å². The molecular formula is C15H20FNO3. The van der Waals surface area contributed by atoms with Gasteiger partial charge < -0.3 is 15.2 Å².